The summed E-state index contributed by atoms with van der Waals surface area (Å²) in [5.74, 6) is -1.32. The first-order valence-electron chi connectivity index (χ1n) is 10.7. The van der Waals surface area contributed by atoms with E-state index in [0.717, 1.165) is 12.0 Å². The molecule has 0 saturated carbocycles. The SMILES string of the molecule is CCCOc1ccc(C([O-])=C2C(=O)C(=O)N(Cc3ccc[nH+]c3)C2c2ccc(Cl)cc2)cc1. The van der Waals surface area contributed by atoms with Crippen LogP contribution in [0, 0.1) is 0 Å². The Morgan fingerprint density at radius 1 is 1.09 bits per heavy atom. The number of carbonyl (C=O) groups excluding carboxylic acids is 2. The van der Waals surface area contributed by atoms with Crippen molar-refractivity contribution in [2.45, 2.75) is 25.9 Å². The number of halogens is 1. The molecule has 0 radical (unpaired) electrons. The van der Waals surface area contributed by atoms with Gasteiger partial charge >= 0.3 is 0 Å². The highest BCUT2D eigenvalue weighted by Gasteiger charge is 2.44. The van der Waals surface area contributed by atoms with Crippen LogP contribution in [0.3, 0.4) is 0 Å². The second kappa shape index (κ2) is 9.88. The number of Topliss-reactive ketones (excluding diaryl/α,β-unsaturated/α-hetero) is 1. The zero-order chi connectivity index (χ0) is 23.4. The first-order chi connectivity index (χ1) is 16.0. The zero-order valence-electron chi connectivity index (χ0n) is 18.1. The number of nitrogens with one attached hydrogen (secondary N) is 1. The third-order valence-electron chi connectivity index (χ3n) is 5.43. The molecule has 7 heteroatoms. The minimum atomic E-state index is -0.814. The van der Waals surface area contributed by atoms with Gasteiger partial charge in [-0.2, -0.15) is 0 Å². The number of hydrogen-bond acceptors (Lipinski definition) is 4. The predicted octanol–water partition coefficient (Wildman–Crippen LogP) is 3.37. The Labute approximate surface area is 197 Å². The maximum atomic E-state index is 13.5. The molecule has 33 heavy (non-hydrogen) atoms. The van der Waals surface area contributed by atoms with E-state index in [2.05, 4.69) is 4.98 Å². The second-order valence-corrected chi connectivity index (χ2v) is 8.18. The topological polar surface area (TPSA) is 83.8 Å². The molecule has 3 aromatic rings. The van der Waals surface area contributed by atoms with E-state index >= 15 is 0 Å². The van der Waals surface area contributed by atoms with E-state index in [1.54, 1.807) is 60.9 Å². The summed E-state index contributed by atoms with van der Waals surface area (Å²) in [4.78, 5) is 30.5. The number of carbonyl (C=O) groups is 2. The van der Waals surface area contributed by atoms with Crippen molar-refractivity contribution in [1.82, 2.24) is 4.90 Å². The van der Waals surface area contributed by atoms with Crippen molar-refractivity contribution in [2.24, 2.45) is 0 Å². The third-order valence-corrected chi connectivity index (χ3v) is 5.68. The van der Waals surface area contributed by atoms with Crippen LogP contribution in [0.5, 0.6) is 5.75 Å². The van der Waals surface area contributed by atoms with Gasteiger partial charge in [0.25, 0.3) is 5.91 Å². The van der Waals surface area contributed by atoms with E-state index in [0.29, 0.717) is 28.5 Å². The van der Waals surface area contributed by atoms with Crippen LogP contribution in [0.4, 0.5) is 0 Å². The van der Waals surface area contributed by atoms with E-state index in [9.17, 15) is 14.7 Å². The van der Waals surface area contributed by atoms with Crippen LogP contribution in [0.25, 0.3) is 5.76 Å². The Bertz CT molecular complexity index is 1180. The molecule has 1 aromatic heterocycles. The highest BCUT2D eigenvalue weighted by Crippen LogP contribution is 2.40. The fourth-order valence-electron chi connectivity index (χ4n) is 3.83. The minimum absolute atomic E-state index is 0.0653. The molecule has 1 aliphatic rings. The van der Waals surface area contributed by atoms with Gasteiger partial charge in [0, 0.05) is 22.2 Å². The van der Waals surface area contributed by atoms with Gasteiger partial charge in [-0.1, -0.05) is 48.5 Å². The Morgan fingerprint density at radius 2 is 1.82 bits per heavy atom. The molecule has 2 heterocycles. The average molecular weight is 463 g/mol. The van der Waals surface area contributed by atoms with Gasteiger partial charge in [-0.3, -0.25) is 9.59 Å². The normalized spacial score (nSPS) is 17.4. The van der Waals surface area contributed by atoms with Crippen LogP contribution in [-0.2, 0) is 16.1 Å². The first kappa shape index (κ1) is 22.6. The van der Waals surface area contributed by atoms with Crippen molar-refractivity contribution in [3.63, 3.8) is 0 Å². The molecule has 1 N–H and O–H groups in total. The van der Waals surface area contributed by atoms with E-state index in [-0.39, 0.29) is 12.1 Å². The average Bonchev–Trinajstić information content (AvgIpc) is 3.08. The highest BCUT2D eigenvalue weighted by atomic mass is 35.5. The molecule has 168 valence electrons. The summed E-state index contributed by atoms with van der Waals surface area (Å²) in [5.41, 5.74) is 1.71. The summed E-state index contributed by atoms with van der Waals surface area (Å²) in [5, 5.41) is 14.0. The fourth-order valence-corrected chi connectivity index (χ4v) is 3.95. The van der Waals surface area contributed by atoms with Gasteiger partial charge in [-0.15, -0.1) is 0 Å². The molecule has 1 atom stereocenters. The summed E-state index contributed by atoms with van der Waals surface area (Å²) in [7, 11) is 0. The number of hydrogen-bond donors (Lipinski definition) is 0. The van der Waals surface area contributed by atoms with Crippen molar-refractivity contribution in [3.8, 4) is 5.75 Å². The van der Waals surface area contributed by atoms with Gasteiger partial charge in [-0.25, -0.2) is 4.98 Å². The van der Waals surface area contributed by atoms with Crippen LogP contribution in [-0.4, -0.2) is 23.2 Å². The molecule has 4 rings (SSSR count). The number of aromatic amines is 1. The van der Waals surface area contributed by atoms with Crippen LogP contribution in [0.1, 0.15) is 36.1 Å². The van der Waals surface area contributed by atoms with Gasteiger partial charge in [0.15, 0.2) is 12.4 Å². The number of likely N-dealkylation sites (tertiary alicyclic amines) is 1. The summed E-state index contributed by atoms with van der Waals surface area (Å²) in [6.45, 7) is 2.76. The Morgan fingerprint density at radius 3 is 2.45 bits per heavy atom. The lowest BCUT2D eigenvalue weighted by Gasteiger charge is -2.27. The van der Waals surface area contributed by atoms with Gasteiger partial charge in [0.1, 0.15) is 5.75 Å². The summed E-state index contributed by atoms with van der Waals surface area (Å²) in [6, 6.07) is 16.3. The molecule has 1 aliphatic heterocycles. The number of nitrogens with zero attached hydrogens (tertiary/aromatic N) is 1. The monoisotopic (exact) mass is 462 g/mol. The number of ketones is 1. The van der Waals surface area contributed by atoms with Crippen LogP contribution >= 0.6 is 11.6 Å². The third kappa shape index (κ3) is 4.76. The number of amides is 1. The van der Waals surface area contributed by atoms with Crippen molar-refractivity contribution in [1.29, 1.82) is 0 Å². The smallest absolute Gasteiger partial charge is 0.295 e. The number of pyridine rings is 1. The minimum Gasteiger partial charge on any atom is -0.872 e. The molecular weight excluding hydrogens is 440 g/mol. The number of H-pyrrole nitrogens is 1. The van der Waals surface area contributed by atoms with E-state index < -0.39 is 23.5 Å². The zero-order valence-corrected chi connectivity index (χ0v) is 18.8. The molecule has 1 fully saturated rings. The molecular formula is C26H23ClN2O4. The molecule has 6 nitrogen and oxygen atoms in total. The number of benzene rings is 2. The Kier molecular flexibility index (Phi) is 6.75. The fraction of sp³-hybridized carbons (Fsp3) is 0.192. The summed E-state index contributed by atoms with van der Waals surface area (Å²) in [6.07, 6.45) is 4.38. The molecule has 0 bridgehead atoms. The second-order valence-electron chi connectivity index (χ2n) is 7.74. The predicted molar refractivity (Wildman–Crippen MR) is 122 cm³/mol. The van der Waals surface area contributed by atoms with Gasteiger partial charge in [0.2, 0.25) is 5.78 Å². The van der Waals surface area contributed by atoms with Gasteiger partial charge in [-0.05, 0) is 47.9 Å². The quantitative estimate of drug-likeness (QED) is 0.306. The number of ether oxygens (including phenoxy) is 1. The first-order valence-corrected chi connectivity index (χ1v) is 11.1. The van der Waals surface area contributed by atoms with E-state index in [1.165, 1.54) is 4.90 Å². The molecule has 1 unspecified atom stereocenters. The lowest BCUT2D eigenvalue weighted by atomic mass is 9.95. The molecule has 0 spiro atoms. The largest absolute Gasteiger partial charge is 0.872 e. The summed E-state index contributed by atoms with van der Waals surface area (Å²) >= 11 is 6.05. The Balaban J connectivity index is 1.78. The number of aromatic nitrogens is 1. The highest BCUT2D eigenvalue weighted by molar-refractivity contribution is 6.46. The van der Waals surface area contributed by atoms with E-state index in [1.807, 2.05) is 19.1 Å². The maximum Gasteiger partial charge on any atom is 0.295 e. The van der Waals surface area contributed by atoms with Crippen LogP contribution in [0.2, 0.25) is 5.02 Å². The van der Waals surface area contributed by atoms with E-state index in [4.69, 9.17) is 16.3 Å². The lowest BCUT2D eigenvalue weighted by Crippen LogP contribution is -2.29. The Hall–Kier alpha value is -3.64. The summed E-state index contributed by atoms with van der Waals surface area (Å²) < 4.78 is 5.58. The maximum absolute atomic E-state index is 13.5. The van der Waals surface area contributed by atoms with Crippen molar-refractivity contribution >= 4 is 29.1 Å². The lowest BCUT2D eigenvalue weighted by molar-refractivity contribution is -0.378. The molecule has 1 saturated heterocycles. The van der Waals surface area contributed by atoms with Crippen LogP contribution < -0.4 is 14.8 Å². The molecule has 1 amide bonds. The molecule has 2 aromatic carbocycles. The van der Waals surface area contributed by atoms with Crippen molar-refractivity contribution in [2.75, 3.05) is 6.61 Å². The van der Waals surface area contributed by atoms with Gasteiger partial charge in [0.05, 0.1) is 19.2 Å². The van der Waals surface area contributed by atoms with Crippen molar-refractivity contribution < 1.29 is 24.4 Å². The molecule has 0 aliphatic carbocycles. The number of rotatable bonds is 7. The van der Waals surface area contributed by atoms with Crippen LogP contribution in [0.15, 0.2) is 78.6 Å². The standard InChI is InChI=1S/C26H23ClN2O4/c1-2-14-33-21-11-7-19(8-12-21)24(30)22-23(18-5-9-20(27)10-6-18)29(26(32)25(22)31)16-17-4-3-13-28-15-17/h3-13,15,23,30H,2,14,16H2,1H3. The van der Waals surface area contributed by atoms with Crippen molar-refractivity contribution in [3.05, 3.63) is 100 Å². The van der Waals surface area contributed by atoms with Gasteiger partial charge < -0.3 is 14.7 Å².